The fourth-order valence-corrected chi connectivity index (χ4v) is 2.48. The maximum atomic E-state index is 11.9. The number of nitrogen functional groups attached to an aromatic ring is 1. The largest absolute Gasteiger partial charge is 0.397 e. The van der Waals surface area contributed by atoms with Gasteiger partial charge in [-0.3, -0.25) is 4.79 Å². The van der Waals surface area contributed by atoms with Gasteiger partial charge in [-0.25, -0.2) is 0 Å². The van der Waals surface area contributed by atoms with E-state index in [1.165, 1.54) is 0 Å². The van der Waals surface area contributed by atoms with E-state index in [4.69, 9.17) is 5.73 Å². The molecule has 1 amide bonds. The number of nitrogens with one attached hydrogen (secondary N) is 1. The van der Waals surface area contributed by atoms with Crippen molar-refractivity contribution in [2.45, 2.75) is 19.4 Å². The average molecular weight is 281 g/mol. The summed E-state index contributed by atoms with van der Waals surface area (Å²) in [6, 6.07) is 5.74. The first kappa shape index (κ1) is 15.7. The number of rotatable bonds is 6. The summed E-state index contributed by atoms with van der Waals surface area (Å²) in [5.41, 5.74) is 8.14. The van der Waals surface area contributed by atoms with Crippen molar-refractivity contribution >= 4 is 29.0 Å². The lowest BCUT2D eigenvalue weighted by atomic mass is 10.1. The quantitative estimate of drug-likeness (QED) is 0.787. The number of hydrogen-bond acceptors (Lipinski definition) is 4. The van der Waals surface area contributed by atoms with Crippen LogP contribution in [0.2, 0.25) is 0 Å². The number of benzene rings is 1. The molecule has 0 heterocycles. The van der Waals surface area contributed by atoms with Crippen LogP contribution in [0, 0.1) is 0 Å². The van der Waals surface area contributed by atoms with Gasteiger partial charge in [-0.05, 0) is 30.9 Å². The van der Waals surface area contributed by atoms with Gasteiger partial charge in [0, 0.05) is 31.5 Å². The number of nitrogens with two attached hydrogens (primary N) is 1. The van der Waals surface area contributed by atoms with Gasteiger partial charge < -0.3 is 16.0 Å². The fourth-order valence-electron chi connectivity index (χ4n) is 1.76. The van der Waals surface area contributed by atoms with E-state index in [2.05, 4.69) is 18.5 Å². The van der Waals surface area contributed by atoms with Crippen LogP contribution in [0.25, 0.3) is 0 Å². The first-order valence-corrected chi connectivity index (χ1v) is 7.75. The highest BCUT2D eigenvalue weighted by atomic mass is 32.2. The van der Waals surface area contributed by atoms with E-state index in [9.17, 15) is 4.79 Å². The van der Waals surface area contributed by atoms with Crippen molar-refractivity contribution in [3.63, 3.8) is 0 Å². The maximum Gasteiger partial charge on any atom is 0.253 e. The molecule has 0 fully saturated rings. The van der Waals surface area contributed by atoms with E-state index in [1.807, 2.05) is 6.07 Å². The fraction of sp³-hybridized carbons (Fsp3) is 0.500. The first-order chi connectivity index (χ1) is 8.99. The smallest absolute Gasteiger partial charge is 0.253 e. The SMILES string of the molecule is CCC(CSC)Nc1cc(C(=O)N(C)C)ccc1N. The van der Waals surface area contributed by atoms with Gasteiger partial charge in [0.05, 0.1) is 11.4 Å². The van der Waals surface area contributed by atoms with Crippen LogP contribution in [-0.2, 0) is 0 Å². The molecule has 5 heteroatoms. The molecule has 0 aliphatic carbocycles. The minimum atomic E-state index is -0.0130. The van der Waals surface area contributed by atoms with Gasteiger partial charge in [-0.15, -0.1) is 0 Å². The van der Waals surface area contributed by atoms with Crippen molar-refractivity contribution in [1.29, 1.82) is 0 Å². The average Bonchev–Trinajstić information content (AvgIpc) is 2.39. The molecule has 0 aliphatic heterocycles. The Labute approximate surface area is 119 Å². The van der Waals surface area contributed by atoms with Gasteiger partial charge in [-0.1, -0.05) is 6.92 Å². The van der Waals surface area contributed by atoms with E-state index >= 15 is 0 Å². The summed E-state index contributed by atoms with van der Waals surface area (Å²) in [4.78, 5) is 13.5. The molecule has 0 saturated heterocycles. The molecule has 0 aliphatic rings. The van der Waals surface area contributed by atoms with E-state index in [0.717, 1.165) is 17.9 Å². The Bertz CT molecular complexity index is 435. The lowest BCUT2D eigenvalue weighted by molar-refractivity contribution is 0.0827. The highest BCUT2D eigenvalue weighted by molar-refractivity contribution is 7.98. The summed E-state index contributed by atoms with van der Waals surface area (Å²) in [7, 11) is 3.49. The third-order valence-corrected chi connectivity index (χ3v) is 3.66. The Kier molecular flexibility index (Phi) is 6.02. The molecule has 0 spiro atoms. The Morgan fingerprint density at radius 2 is 2.16 bits per heavy atom. The lowest BCUT2D eigenvalue weighted by Crippen LogP contribution is -2.24. The second-order valence-electron chi connectivity index (χ2n) is 4.71. The molecule has 0 bridgehead atoms. The van der Waals surface area contributed by atoms with Crippen LogP contribution in [0.15, 0.2) is 18.2 Å². The van der Waals surface area contributed by atoms with Gasteiger partial charge in [0.25, 0.3) is 5.91 Å². The number of anilines is 2. The van der Waals surface area contributed by atoms with Gasteiger partial charge >= 0.3 is 0 Å². The van der Waals surface area contributed by atoms with Crippen LogP contribution >= 0.6 is 11.8 Å². The summed E-state index contributed by atoms with van der Waals surface area (Å²) in [6.07, 6.45) is 3.10. The zero-order chi connectivity index (χ0) is 14.4. The molecule has 19 heavy (non-hydrogen) atoms. The highest BCUT2D eigenvalue weighted by Gasteiger charge is 2.12. The number of nitrogens with zero attached hydrogens (tertiary/aromatic N) is 1. The third kappa shape index (κ3) is 4.35. The molecule has 0 saturated carbocycles. The Hall–Kier alpha value is -1.36. The van der Waals surface area contributed by atoms with Crippen LogP contribution in [0.4, 0.5) is 11.4 Å². The van der Waals surface area contributed by atoms with Crippen molar-refractivity contribution < 1.29 is 4.79 Å². The number of hydrogen-bond donors (Lipinski definition) is 2. The molecule has 1 unspecified atom stereocenters. The number of amides is 1. The second kappa shape index (κ2) is 7.28. The molecule has 3 N–H and O–H groups in total. The van der Waals surface area contributed by atoms with Gasteiger partial charge in [0.2, 0.25) is 0 Å². The van der Waals surface area contributed by atoms with Crippen LogP contribution in [0.5, 0.6) is 0 Å². The maximum absolute atomic E-state index is 11.9. The summed E-state index contributed by atoms with van der Waals surface area (Å²) in [5.74, 6) is 1.00. The van der Waals surface area contributed by atoms with E-state index < -0.39 is 0 Å². The minimum absolute atomic E-state index is 0.0130. The molecule has 0 aromatic heterocycles. The van der Waals surface area contributed by atoms with Crippen molar-refractivity contribution in [1.82, 2.24) is 4.90 Å². The minimum Gasteiger partial charge on any atom is -0.397 e. The van der Waals surface area contributed by atoms with E-state index in [0.29, 0.717) is 17.3 Å². The lowest BCUT2D eigenvalue weighted by Gasteiger charge is -2.19. The number of carbonyl (C=O) groups excluding carboxylic acids is 1. The predicted octanol–water partition coefficient (Wildman–Crippen LogP) is 2.52. The molecule has 1 atom stereocenters. The topological polar surface area (TPSA) is 58.4 Å². The van der Waals surface area contributed by atoms with Crippen LogP contribution < -0.4 is 11.1 Å². The Morgan fingerprint density at radius 3 is 2.68 bits per heavy atom. The summed E-state index contributed by atoms with van der Waals surface area (Å²) in [5, 5.41) is 3.42. The Balaban J connectivity index is 2.94. The van der Waals surface area contributed by atoms with E-state index in [1.54, 1.807) is 42.9 Å². The molecule has 1 aromatic rings. The van der Waals surface area contributed by atoms with Crippen molar-refractivity contribution in [3.8, 4) is 0 Å². The standard InChI is InChI=1S/C14H23N3OS/c1-5-11(9-19-4)16-13-8-10(6-7-12(13)15)14(18)17(2)3/h6-8,11,16H,5,9,15H2,1-4H3. The first-order valence-electron chi connectivity index (χ1n) is 6.36. The number of thioether (sulfide) groups is 1. The van der Waals surface area contributed by atoms with Crippen LogP contribution in [0.1, 0.15) is 23.7 Å². The van der Waals surface area contributed by atoms with Crippen LogP contribution in [0.3, 0.4) is 0 Å². The molecule has 1 rings (SSSR count). The van der Waals surface area contributed by atoms with Crippen LogP contribution in [-0.4, -0.2) is 43.0 Å². The predicted molar refractivity (Wildman–Crippen MR) is 85.0 cm³/mol. The normalized spacial score (nSPS) is 12.0. The van der Waals surface area contributed by atoms with Gasteiger partial charge in [-0.2, -0.15) is 11.8 Å². The Morgan fingerprint density at radius 1 is 1.47 bits per heavy atom. The zero-order valence-electron chi connectivity index (χ0n) is 12.1. The molecule has 4 nitrogen and oxygen atoms in total. The third-order valence-electron chi connectivity index (χ3n) is 2.93. The molecule has 0 radical (unpaired) electrons. The van der Waals surface area contributed by atoms with Crippen molar-refractivity contribution in [2.24, 2.45) is 0 Å². The van der Waals surface area contributed by atoms with Crippen molar-refractivity contribution in [3.05, 3.63) is 23.8 Å². The molecular weight excluding hydrogens is 258 g/mol. The van der Waals surface area contributed by atoms with Gasteiger partial charge in [0.15, 0.2) is 0 Å². The molecule has 106 valence electrons. The monoisotopic (exact) mass is 281 g/mol. The summed E-state index contributed by atoms with van der Waals surface area (Å²) in [6.45, 7) is 2.14. The molecular formula is C14H23N3OS. The highest BCUT2D eigenvalue weighted by Crippen LogP contribution is 2.22. The van der Waals surface area contributed by atoms with Gasteiger partial charge in [0.1, 0.15) is 0 Å². The zero-order valence-corrected chi connectivity index (χ0v) is 12.9. The number of carbonyl (C=O) groups is 1. The molecule has 1 aromatic carbocycles. The second-order valence-corrected chi connectivity index (χ2v) is 5.62. The van der Waals surface area contributed by atoms with E-state index in [-0.39, 0.29) is 5.91 Å². The summed E-state index contributed by atoms with van der Waals surface area (Å²) < 4.78 is 0. The summed E-state index contributed by atoms with van der Waals surface area (Å²) >= 11 is 1.80. The van der Waals surface area contributed by atoms with Crippen molar-refractivity contribution in [2.75, 3.05) is 37.2 Å².